The van der Waals surface area contributed by atoms with E-state index in [2.05, 4.69) is 0 Å². The molecule has 0 spiro atoms. The van der Waals surface area contributed by atoms with Crippen molar-refractivity contribution < 1.29 is 9.90 Å². The predicted molar refractivity (Wildman–Crippen MR) is 54.7 cm³/mol. The number of nitrogens with two attached hydrogens (primary N) is 1. The van der Waals surface area contributed by atoms with Crippen molar-refractivity contribution in [2.75, 3.05) is 13.2 Å². The molecule has 14 heavy (non-hydrogen) atoms. The molecule has 1 fully saturated rings. The molecular weight excluding hydrogens is 180 g/mol. The summed E-state index contributed by atoms with van der Waals surface area (Å²) in [5.41, 5.74) is 5.10. The number of carbonyl (C=O) groups is 1. The largest absolute Gasteiger partial charge is 0.394 e. The first-order chi connectivity index (χ1) is 6.53. The molecular formula is C10H20N2O2. The number of rotatable bonds is 3. The summed E-state index contributed by atoms with van der Waals surface area (Å²) in [7, 11) is 0. The third-order valence-corrected chi connectivity index (χ3v) is 3.07. The van der Waals surface area contributed by atoms with E-state index < -0.39 is 5.54 Å². The molecule has 1 unspecified atom stereocenters. The lowest BCUT2D eigenvalue weighted by molar-refractivity contribution is -0.138. The second-order valence-corrected chi connectivity index (χ2v) is 4.25. The van der Waals surface area contributed by atoms with Crippen LogP contribution in [0.1, 0.15) is 33.1 Å². The summed E-state index contributed by atoms with van der Waals surface area (Å²) in [5.74, 6) is -0.0310. The normalized spacial score (nSPS) is 26.3. The average Bonchev–Trinajstić information content (AvgIpc) is 2.64. The highest BCUT2D eigenvalue weighted by atomic mass is 16.3. The second kappa shape index (κ2) is 4.28. The minimum Gasteiger partial charge on any atom is -0.394 e. The van der Waals surface area contributed by atoms with Gasteiger partial charge in [-0.15, -0.1) is 0 Å². The molecule has 4 nitrogen and oxygen atoms in total. The van der Waals surface area contributed by atoms with Crippen LogP contribution in [0.5, 0.6) is 0 Å². The fourth-order valence-corrected chi connectivity index (χ4v) is 1.77. The fraction of sp³-hybridized carbons (Fsp3) is 0.900. The topological polar surface area (TPSA) is 66.6 Å². The van der Waals surface area contributed by atoms with E-state index in [4.69, 9.17) is 10.8 Å². The van der Waals surface area contributed by atoms with Gasteiger partial charge in [0.05, 0.1) is 18.2 Å². The Balaban J connectivity index is 2.69. The van der Waals surface area contributed by atoms with E-state index in [-0.39, 0.29) is 18.6 Å². The zero-order chi connectivity index (χ0) is 10.8. The number of hydrogen-bond donors (Lipinski definition) is 2. The van der Waals surface area contributed by atoms with Gasteiger partial charge in [-0.05, 0) is 26.2 Å². The Morgan fingerprint density at radius 3 is 2.86 bits per heavy atom. The van der Waals surface area contributed by atoms with Gasteiger partial charge < -0.3 is 15.7 Å². The van der Waals surface area contributed by atoms with Crippen molar-refractivity contribution >= 4 is 5.91 Å². The van der Waals surface area contributed by atoms with Crippen molar-refractivity contribution in [3.8, 4) is 0 Å². The Kier molecular flexibility index (Phi) is 3.50. The summed E-state index contributed by atoms with van der Waals surface area (Å²) in [5, 5.41) is 9.09. The monoisotopic (exact) mass is 200 g/mol. The maximum atomic E-state index is 12.0. The van der Waals surface area contributed by atoms with Crippen LogP contribution in [-0.2, 0) is 4.79 Å². The summed E-state index contributed by atoms with van der Waals surface area (Å²) >= 11 is 0. The number of aliphatic hydroxyl groups is 1. The summed E-state index contributed by atoms with van der Waals surface area (Å²) in [6, 6.07) is -0.0167. The van der Waals surface area contributed by atoms with Crippen molar-refractivity contribution in [2.45, 2.75) is 44.7 Å². The van der Waals surface area contributed by atoms with Crippen LogP contribution in [0.15, 0.2) is 0 Å². The molecule has 0 saturated carbocycles. The van der Waals surface area contributed by atoms with Gasteiger partial charge in [-0.2, -0.15) is 0 Å². The minimum atomic E-state index is -0.780. The maximum absolute atomic E-state index is 12.0. The van der Waals surface area contributed by atoms with Crippen LogP contribution < -0.4 is 5.73 Å². The van der Waals surface area contributed by atoms with Crippen LogP contribution in [0.2, 0.25) is 0 Å². The van der Waals surface area contributed by atoms with Crippen molar-refractivity contribution in [3.63, 3.8) is 0 Å². The van der Waals surface area contributed by atoms with E-state index in [9.17, 15) is 4.79 Å². The first kappa shape index (κ1) is 11.5. The molecule has 1 aliphatic heterocycles. The van der Waals surface area contributed by atoms with Gasteiger partial charge >= 0.3 is 0 Å². The third-order valence-electron chi connectivity index (χ3n) is 3.07. The van der Waals surface area contributed by atoms with Crippen molar-refractivity contribution in [1.29, 1.82) is 0 Å². The molecule has 82 valence electrons. The Morgan fingerprint density at radius 2 is 2.36 bits per heavy atom. The van der Waals surface area contributed by atoms with E-state index in [1.165, 1.54) is 0 Å². The van der Waals surface area contributed by atoms with E-state index in [1.54, 1.807) is 11.8 Å². The molecule has 0 aliphatic carbocycles. The van der Waals surface area contributed by atoms with Crippen LogP contribution in [0.4, 0.5) is 0 Å². The molecule has 2 atom stereocenters. The molecule has 0 bridgehead atoms. The van der Waals surface area contributed by atoms with Gasteiger partial charge in [-0.25, -0.2) is 0 Å². The number of amides is 1. The molecule has 0 radical (unpaired) electrons. The van der Waals surface area contributed by atoms with Crippen molar-refractivity contribution in [1.82, 2.24) is 4.90 Å². The van der Waals surface area contributed by atoms with Crippen LogP contribution in [0, 0.1) is 0 Å². The number of nitrogens with zero attached hydrogens (tertiary/aromatic N) is 1. The Morgan fingerprint density at radius 1 is 1.71 bits per heavy atom. The Labute approximate surface area is 85.1 Å². The second-order valence-electron chi connectivity index (χ2n) is 4.25. The van der Waals surface area contributed by atoms with Gasteiger partial charge in [-0.1, -0.05) is 6.92 Å². The molecule has 0 aromatic carbocycles. The zero-order valence-corrected chi connectivity index (χ0v) is 8.99. The molecule has 0 aromatic rings. The van der Waals surface area contributed by atoms with E-state index >= 15 is 0 Å². The summed E-state index contributed by atoms with van der Waals surface area (Å²) in [6.45, 7) is 4.44. The molecule has 1 amide bonds. The van der Waals surface area contributed by atoms with E-state index in [1.807, 2.05) is 6.92 Å². The molecule has 0 aromatic heterocycles. The predicted octanol–water partition coefficient (Wildman–Crippen LogP) is 0.0971. The number of carbonyl (C=O) groups excluding carboxylic acids is 1. The third kappa shape index (κ3) is 2.07. The van der Waals surface area contributed by atoms with Gasteiger partial charge in [0.15, 0.2) is 0 Å². The molecule has 1 rings (SSSR count). The number of aliphatic hydroxyl groups excluding tert-OH is 1. The lowest BCUT2D eigenvalue weighted by atomic mass is 9.98. The summed E-state index contributed by atoms with van der Waals surface area (Å²) < 4.78 is 0. The average molecular weight is 200 g/mol. The first-order valence-corrected chi connectivity index (χ1v) is 5.23. The van der Waals surface area contributed by atoms with Gasteiger partial charge in [0.1, 0.15) is 0 Å². The Bertz CT molecular complexity index is 216. The minimum absolute atomic E-state index is 0.0167. The molecule has 4 heteroatoms. The fourth-order valence-electron chi connectivity index (χ4n) is 1.77. The van der Waals surface area contributed by atoms with Crippen molar-refractivity contribution in [3.05, 3.63) is 0 Å². The summed E-state index contributed by atoms with van der Waals surface area (Å²) in [4.78, 5) is 13.7. The highest BCUT2D eigenvalue weighted by molar-refractivity contribution is 5.86. The zero-order valence-electron chi connectivity index (χ0n) is 8.99. The van der Waals surface area contributed by atoms with Crippen LogP contribution in [0.3, 0.4) is 0 Å². The van der Waals surface area contributed by atoms with Gasteiger partial charge in [0.2, 0.25) is 5.91 Å². The van der Waals surface area contributed by atoms with Crippen LogP contribution >= 0.6 is 0 Å². The molecule has 1 saturated heterocycles. The Hall–Kier alpha value is -0.610. The number of likely N-dealkylation sites (tertiary alicyclic amines) is 1. The molecule has 1 aliphatic rings. The van der Waals surface area contributed by atoms with Gasteiger partial charge in [-0.3, -0.25) is 4.79 Å². The van der Waals surface area contributed by atoms with Gasteiger partial charge in [0.25, 0.3) is 0 Å². The molecule has 3 N–H and O–H groups in total. The van der Waals surface area contributed by atoms with Gasteiger partial charge in [0, 0.05) is 6.54 Å². The quantitative estimate of drug-likeness (QED) is 0.679. The lowest BCUT2D eigenvalue weighted by Crippen LogP contribution is -2.54. The highest BCUT2D eigenvalue weighted by Crippen LogP contribution is 2.21. The highest BCUT2D eigenvalue weighted by Gasteiger charge is 2.36. The number of hydrogen-bond acceptors (Lipinski definition) is 3. The van der Waals surface area contributed by atoms with Crippen LogP contribution in [0.25, 0.3) is 0 Å². The first-order valence-electron chi connectivity index (χ1n) is 5.23. The van der Waals surface area contributed by atoms with E-state index in [0.29, 0.717) is 6.42 Å². The SMILES string of the molecule is CCC(C)(N)C(=O)N1CCC[C@@H]1CO. The maximum Gasteiger partial charge on any atom is 0.242 e. The smallest absolute Gasteiger partial charge is 0.242 e. The van der Waals surface area contributed by atoms with Crippen LogP contribution in [-0.4, -0.2) is 40.6 Å². The summed E-state index contributed by atoms with van der Waals surface area (Å²) in [6.07, 6.45) is 2.49. The standard InChI is InChI=1S/C10H20N2O2/c1-3-10(2,11)9(14)12-6-4-5-8(12)7-13/h8,13H,3-7,11H2,1-2H3/t8-,10?/m1/s1. The van der Waals surface area contributed by atoms with E-state index in [0.717, 1.165) is 19.4 Å². The lowest BCUT2D eigenvalue weighted by Gasteiger charge is -2.31. The van der Waals surface area contributed by atoms with Crippen molar-refractivity contribution in [2.24, 2.45) is 5.73 Å². The molecule has 1 heterocycles.